The van der Waals surface area contributed by atoms with Gasteiger partial charge in [0.15, 0.2) is 0 Å². The smallest absolute Gasteiger partial charge is 0.323 e. The van der Waals surface area contributed by atoms with E-state index in [0.29, 0.717) is 0 Å². The van der Waals surface area contributed by atoms with Crippen molar-refractivity contribution >= 4 is 0 Å². The van der Waals surface area contributed by atoms with Crippen molar-refractivity contribution < 1.29 is 93.2 Å². The lowest BCUT2D eigenvalue weighted by Gasteiger charge is -2.29. The van der Waals surface area contributed by atoms with Crippen LogP contribution in [0.2, 0.25) is 0 Å². The molecule has 0 fully saturated rings. The first-order chi connectivity index (χ1) is 14.7. The van der Waals surface area contributed by atoms with E-state index in [0.717, 1.165) is 0 Å². The Morgan fingerprint density at radius 1 is 0.382 bits per heavy atom. The Morgan fingerprint density at radius 2 is 0.559 bits per heavy atom. The molecule has 0 aromatic carbocycles. The molecule has 0 aromatic heterocycles. The second-order valence-electron chi connectivity index (χ2n) is 6.22. The van der Waals surface area contributed by atoms with E-state index >= 15 is 0 Å². The Kier molecular flexibility index (Phi) is 10.3. The standard InChI is InChI=1S/C13H10F18O3/c14-4(11(23,24)25)8(17,18)1-32-7(33-2-9(19,20)5(15)12(26,27)28)34-3-10(21,22)6(16)13(29,30)31/h4-7H,1-3H2/t4-,5-,6-/m0/s1. The number of rotatable bonds is 12. The molecule has 0 aliphatic carbocycles. The summed E-state index contributed by atoms with van der Waals surface area (Å²) in [5.41, 5.74) is 0. The molecule has 0 aromatic rings. The molecule has 0 rings (SSSR count). The minimum atomic E-state index is -6.30. The molecule has 0 saturated heterocycles. The number of halogens is 18. The van der Waals surface area contributed by atoms with E-state index in [4.69, 9.17) is 0 Å². The summed E-state index contributed by atoms with van der Waals surface area (Å²) in [6.45, 7) is -12.6. The highest BCUT2D eigenvalue weighted by atomic mass is 19.4. The van der Waals surface area contributed by atoms with Gasteiger partial charge in [-0.2, -0.15) is 39.5 Å². The zero-order chi connectivity index (χ0) is 27.6. The molecule has 0 heterocycles. The van der Waals surface area contributed by atoms with Crippen LogP contribution in [0.25, 0.3) is 0 Å². The van der Waals surface area contributed by atoms with Crippen LogP contribution < -0.4 is 0 Å². The Bertz CT molecular complexity index is 540. The molecule has 0 saturated carbocycles. The normalized spacial score (nSPS) is 17.7. The van der Waals surface area contributed by atoms with Gasteiger partial charge in [0.05, 0.1) is 0 Å². The summed E-state index contributed by atoms with van der Waals surface area (Å²) in [7, 11) is 0. The van der Waals surface area contributed by atoms with Gasteiger partial charge in [-0.1, -0.05) is 0 Å². The molecule has 3 nitrogen and oxygen atoms in total. The van der Waals surface area contributed by atoms with E-state index in [1.807, 2.05) is 0 Å². The monoisotopic (exact) mass is 556 g/mol. The van der Waals surface area contributed by atoms with Crippen LogP contribution in [0.15, 0.2) is 0 Å². The third-order valence-corrected chi connectivity index (χ3v) is 3.21. The number of ether oxygens (including phenoxy) is 3. The highest BCUT2D eigenvalue weighted by molar-refractivity contribution is 4.85. The second-order valence-corrected chi connectivity index (χ2v) is 6.22. The third kappa shape index (κ3) is 9.70. The van der Waals surface area contributed by atoms with Crippen molar-refractivity contribution in [3.05, 3.63) is 0 Å². The SMILES string of the molecule is F[C@H](C(F)(F)F)C(F)(F)COC(OCC(F)(F)[C@H](F)C(F)(F)F)OCC(F)(F)[C@H](F)C(F)(F)F. The maximum absolute atomic E-state index is 13.1. The number of hydrogen-bond donors (Lipinski definition) is 0. The van der Waals surface area contributed by atoms with Gasteiger partial charge in [-0.25, -0.2) is 39.5 Å². The van der Waals surface area contributed by atoms with Crippen LogP contribution in [-0.4, -0.2) is 81.1 Å². The molecule has 0 radical (unpaired) electrons. The Hall–Kier alpha value is -1.38. The molecule has 206 valence electrons. The molecule has 34 heavy (non-hydrogen) atoms. The van der Waals surface area contributed by atoms with E-state index in [2.05, 4.69) is 14.2 Å². The van der Waals surface area contributed by atoms with Crippen molar-refractivity contribution in [1.29, 1.82) is 0 Å². The van der Waals surface area contributed by atoms with Crippen molar-refractivity contribution in [3.8, 4) is 0 Å². The van der Waals surface area contributed by atoms with Gasteiger partial charge < -0.3 is 14.2 Å². The minimum Gasteiger partial charge on any atom is -0.323 e. The van der Waals surface area contributed by atoms with Crippen LogP contribution >= 0.6 is 0 Å². The van der Waals surface area contributed by atoms with Crippen LogP contribution in [0.1, 0.15) is 0 Å². The summed E-state index contributed by atoms with van der Waals surface area (Å²) in [4.78, 5) is 0. The van der Waals surface area contributed by atoms with Crippen molar-refractivity contribution in [2.45, 2.75) is 61.3 Å². The Morgan fingerprint density at radius 3 is 0.706 bits per heavy atom. The summed E-state index contributed by atoms with van der Waals surface area (Å²) in [6.07, 6.45) is -34.1. The summed E-state index contributed by atoms with van der Waals surface area (Å²) in [5, 5.41) is 0. The average Bonchev–Trinajstić information content (AvgIpc) is 2.63. The molecule has 0 spiro atoms. The van der Waals surface area contributed by atoms with Crippen LogP contribution in [0, 0.1) is 0 Å². The van der Waals surface area contributed by atoms with Crippen LogP contribution in [0.5, 0.6) is 0 Å². The summed E-state index contributed by atoms with van der Waals surface area (Å²) in [6, 6.07) is 0. The molecule has 0 aliphatic rings. The van der Waals surface area contributed by atoms with Crippen LogP contribution in [0.3, 0.4) is 0 Å². The Balaban J connectivity index is 5.56. The van der Waals surface area contributed by atoms with Crippen LogP contribution in [0.4, 0.5) is 79.0 Å². The van der Waals surface area contributed by atoms with E-state index in [1.54, 1.807) is 0 Å². The predicted molar refractivity (Wildman–Crippen MR) is 69.3 cm³/mol. The van der Waals surface area contributed by atoms with Gasteiger partial charge in [0.2, 0.25) is 0 Å². The van der Waals surface area contributed by atoms with Crippen molar-refractivity contribution in [2.75, 3.05) is 19.8 Å². The molecule has 0 aliphatic heterocycles. The van der Waals surface area contributed by atoms with Gasteiger partial charge in [0.1, 0.15) is 19.8 Å². The zero-order valence-electron chi connectivity index (χ0n) is 15.5. The fourth-order valence-electron chi connectivity index (χ4n) is 1.62. The largest absolute Gasteiger partial charge is 0.425 e. The molecule has 0 amide bonds. The Labute approximate surface area is 175 Å². The lowest BCUT2D eigenvalue weighted by Crippen LogP contribution is -2.49. The highest BCUT2D eigenvalue weighted by Gasteiger charge is 2.60. The molecular weight excluding hydrogens is 546 g/mol. The first kappa shape index (κ1) is 32.6. The van der Waals surface area contributed by atoms with E-state index in [1.165, 1.54) is 0 Å². The molecule has 0 N–H and O–H groups in total. The number of hydrogen-bond acceptors (Lipinski definition) is 3. The van der Waals surface area contributed by atoms with Gasteiger partial charge in [0.25, 0.3) is 25.0 Å². The fraction of sp³-hybridized carbons (Fsp3) is 1.00. The first-order valence-corrected chi connectivity index (χ1v) is 7.86. The van der Waals surface area contributed by atoms with Crippen molar-refractivity contribution in [3.63, 3.8) is 0 Å². The second kappa shape index (κ2) is 10.7. The van der Waals surface area contributed by atoms with E-state index < -0.39 is 81.1 Å². The minimum absolute atomic E-state index is 2.95. The molecule has 21 heteroatoms. The summed E-state index contributed by atoms with van der Waals surface area (Å²) in [5.74, 6) is -17.0. The first-order valence-electron chi connectivity index (χ1n) is 7.86. The van der Waals surface area contributed by atoms with Gasteiger partial charge in [-0.05, 0) is 0 Å². The third-order valence-electron chi connectivity index (χ3n) is 3.21. The summed E-state index contributed by atoms with van der Waals surface area (Å²) >= 11 is 0. The lowest BCUT2D eigenvalue weighted by molar-refractivity contribution is -0.354. The molecule has 0 bridgehead atoms. The van der Waals surface area contributed by atoms with Gasteiger partial charge >= 0.3 is 36.3 Å². The number of alkyl halides is 18. The van der Waals surface area contributed by atoms with E-state index in [9.17, 15) is 79.0 Å². The maximum Gasteiger partial charge on any atom is 0.425 e. The summed E-state index contributed by atoms with van der Waals surface area (Å²) < 4.78 is 235. The van der Waals surface area contributed by atoms with Gasteiger partial charge in [0, 0.05) is 0 Å². The molecule has 3 atom stereocenters. The van der Waals surface area contributed by atoms with Gasteiger partial charge in [-0.3, -0.25) is 0 Å². The molecule has 0 unspecified atom stereocenters. The topological polar surface area (TPSA) is 27.7 Å². The lowest BCUT2D eigenvalue weighted by atomic mass is 10.2. The van der Waals surface area contributed by atoms with Crippen LogP contribution in [-0.2, 0) is 14.2 Å². The fourth-order valence-corrected chi connectivity index (χ4v) is 1.62. The van der Waals surface area contributed by atoms with Crippen molar-refractivity contribution in [2.24, 2.45) is 0 Å². The zero-order valence-corrected chi connectivity index (χ0v) is 15.5. The van der Waals surface area contributed by atoms with E-state index in [-0.39, 0.29) is 0 Å². The maximum atomic E-state index is 13.1. The van der Waals surface area contributed by atoms with Gasteiger partial charge in [-0.15, -0.1) is 0 Å². The highest BCUT2D eigenvalue weighted by Crippen LogP contribution is 2.38. The van der Waals surface area contributed by atoms with Crippen molar-refractivity contribution in [1.82, 2.24) is 0 Å². The quantitative estimate of drug-likeness (QED) is 0.221. The predicted octanol–water partition coefficient (Wildman–Crippen LogP) is 5.93. The molecular formula is C13H10F18O3. The average molecular weight is 556 g/mol.